The highest BCUT2D eigenvalue weighted by atomic mass is 35.5. The van der Waals surface area contributed by atoms with E-state index < -0.39 is 17.9 Å². The number of rotatable bonds is 8. The molecule has 0 aliphatic carbocycles. The molecule has 1 fully saturated rings. The summed E-state index contributed by atoms with van der Waals surface area (Å²) >= 11 is 13.7. The first-order valence-corrected chi connectivity index (χ1v) is 15.5. The van der Waals surface area contributed by atoms with E-state index >= 15 is 0 Å². The van der Waals surface area contributed by atoms with Gasteiger partial charge in [0.1, 0.15) is 11.5 Å². The molecule has 5 rings (SSSR count). The molecule has 10 heteroatoms. The molecule has 4 aromatic rings. The number of carbonyl (C=O) groups is 3. The summed E-state index contributed by atoms with van der Waals surface area (Å²) in [6.07, 6.45) is 0.838. The molecular formula is C33H30Cl2N2O5S. The van der Waals surface area contributed by atoms with Gasteiger partial charge in [-0.1, -0.05) is 83.9 Å². The van der Waals surface area contributed by atoms with Crippen molar-refractivity contribution in [1.82, 2.24) is 4.90 Å². The summed E-state index contributed by atoms with van der Waals surface area (Å²) in [7, 11) is 0. The maximum Gasteiger partial charge on any atom is 0.410 e. The second-order valence-electron chi connectivity index (χ2n) is 10.4. The average molecular weight is 638 g/mol. The van der Waals surface area contributed by atoms with Crippen molar-refractivity contribution in [1.29, 1.82) is 0 Å². The fourth-order valence-electron chi connectivity index (χ4n) is 5.35. The smallest absolute Gasteiger partial charge is 0.410 e. The van der Waals surface area contributed by atoms with Crippen LogP contribution in [0.1, 0.15) is 45.4 Å². The van der Waals surface area contributed by atoms with Gasteiger partial charge in [0.2, 0.25) is 0 Å². The largest absolute Gasteiger partial charge is 0.477 e. The van der Waals surface area contributed by atoms with E-state index in [0.29, 0.717) is 36.6 Å². The number of carboxylic acids is 1. The summed E-state index contributed by atoms with van der Waals surface area (Å²) in [5, 5.41) is 10.8. The van der Waals surface area contributed by atoms with Crippen molar-refractivity contribution in [3.63, 3.8) is 0 Å². The zero-order chi connectivity index (χ0) is 30.5. The Labute approximate surface area is 264 Å². The van der Waals surface area contributed by atoms with Crippen molar-refractivity contribution < 1.29 is 24.2 Å². The Morgan fingerprint density at radius 3 is 2.26 bits per heavy atom. The minimum atomic E-state index is -1.12. The number of hydrogen-bond acceptors (Lipinski definition) is 5. The lowest BCUT2D eigenvalue weighted by molar-refractivity contribution is 0.0700. The highest BCUT2D eigenvalue weighted by Crippen LogP contribution is 2.40. The minimum absolute atomic E-state index is 0.0186. The van der Waals surface area contributed by atoms with Crippen LogP contribution in [0.4, 0.5) is 10.5 Å². The van der Waals surface area contributed by atoms with Crippen LogP contribution in [0.2, 0.25) is 10.0 Å². The second-order valence-corrected chi connectivity index (χ2v) is 12.3. The fraction of sp³-hybridized carbons (Fsp3) is 0.242. The molecule has 0 spiro atoms. The summed E-state index contributed by atoms with van der Waals surface area (Å²) in [4.78, 5) is 43.5. The molecule has 222 valence electrons. The molecule has 0 bridgehead atoms. The van der Waals surface area contributed by atoms with Crippen LogP contribution in [0, 0.1) is 5.92 Å². The summed E-state index contributed by atoms with van der Waals surface area (Å²) in [6, 6.07) is 25.0. The number of halogens is 2. The number of amides is 2. The molecule has 2 amide bonds. The topological polar surface area (TPSA) is 87.2 Å². The predicted octanol–water partition coefficient (Wildman–Crippen LogP) is 8.50. The van der Waals surface area contributed by atoms with Gasteiger partial charge in [-0.15, -0.1) is 11.3 Å². The third kappa shape index (κ3) is 7.04. The molecule has 0 radical (unpaired) electrons. The highest BCUT2D eigenvalue weighted by Gasteiger charge is 2.36. The van der Waals surface area contributed by atoms with Gasteiger partial charge in [0.15, 0.2) is 0 Å². The lowest BCUT2D eigenvalue weighted by atomic mass is 9.88. The van der Waals surface area contributed by atoms with E-state index in [1.54, 1.807) is 28.0 Å². The maximum absolute atomic E-state index is 14.2. The number of likely N-dealkylation sites (tertiary alicyclic amines) is 1. The lowest BCUT2D eigenvalue weighted by Gasteiger charge is -2.39. The normalized spacial score (nSPS) is 14.3. The van der Waals surface area contributed by atoms with Crippen molar-refractivity contribution in [2.24, 2.45) is 5.92 Å². The van der Waals surface area contributed by atoms with Crippen LogP contribution < -0.4 is 4.90 Å². The van der Waals surface area contributed by atoms with E-state index in [4.69, 9.17) is 27.9 Å². The fourth-order valence-corrected chi connectivity index (χ4v) is 6.83. The third-order valence-corrected chi connectivity index (χ3v) is 9.41. The molecule has 1 atom stereocenters. The quantitative estimate of drug-likeness (QED) is 0.209. The van der Waals surface area contributed by atoms with Gasteiger partial charge in [0.05, 0.1) is 16.3 Å². The molecule has 7 nitrogen and oxygen atoms in total. The predicted molar refractivity (Wildman–Crippen MR) is 170 cm³/mol. The summed E-state index contributed by atoms with van der Waals surface area (Å²) in [5.41, 5.74) is 2.30. The number of benzene rings is 3. The van der Waals surface area contributed by atoms with Crippen LogP contribution in [0.25, 0.3) is 10.4 Å². The Balaban J connectivity index is 1.41. The molecule has 1 N–H and O–H groups in total. The van der Waals surface area contributed by atoms with Gasteiger partial charge >= 0.3 is 12.1 Å². The van der Waals surface area contributed by atoms with Crippen LogP contribution in [0.5, 0.6) is 0 Å². The van der Waals surface area contributed by atoms with Crippen molar-refractivity contribution >= 4 is 58.2 Å². The first kappa shape index (κ1) is 30.6. The van der Waals surface area contributed by atoms with E-state index in [-0.39, 0.29) is 34.1 Å². The number of nitrogens with zero attached hydrogens (tertiary/aromatic N) is 2. The zero-order valence-electron chi connectivity index (χ0n) is 23.4. The first-order chi connectivity index (χ1) is 20.7. The van der Waals surface area contributed by atoms with E-state index in [1.165, 1.54) is 6.07 Å². The molecule has 2 heterocycles. The summed E-state index contributed by atoms with van der Waals surface area (Å²) in [5.74, 6) is -1.56. The molecule has 1 aliphatic rings. The minimum Gasteiger partial charge on any atom is -0.477 e. The SMILES string of the molecule is CC(C1CCN(C(=O)OCc2ccccc2)CC1)N(C(=O)c1ccc(Cl)cc1Cl)c1cc(-c2ccccc2)sc1C(=O)O. The number of thiophene rings is 1. The van der Waals surface area contributed by atoms with E-state index in [0.717, 1.165) is 27.3 Å². The van der Waals surface area contributed by atoms with Gasteiger partial charge in [0.25, 0.3) is 5.91 Å². The number of aromatic carboxylic acids is 1. The average Bonchev–Trinajstić information content (AvgIpc) is 3.46. The van der Waals surface area contributed by atoms with E-state index in [2.05, 4.69) is 0 Å². The molecule has 43 heavy (non-hydrogen) atoms. The Morgan fingerprint density at radius 2 is 1.63 bits per heavy atom. The second kappa shape index (κ2) is 13.6. The van der Waals surface area contributed by atoms with Crippen LogP contribution in [-0.4, -0.2) is 47.1 Å². The molecule has 0 saturated carbocycles. The number of carbonyl (C=O) groups excluding carboxylic acids is 2. The molecule has 1 aromatic heterocycles. The van der Waals surface area contributed by atoms with Crippen molar-refractivity contribution in [2.45, 2.75) is 32.4 Å². The first-order valence-electron chi connectivity index (χ1n) is 13.9. The summed E-state index contributed by atoms with van der Waals surface area (Å²) in [6.45, 7) is 3.02. The number of hydrogen-bond donors (Lipinski definition) is 1. The number of anilines is 1. The Bertz CT molecular complexity index is 1600. The van der Waals surface area contributed by atoms with Crippen LogP contribution in [-0.2, 0) is 11.3 Å². The molecule has 1 aliphatic heterocycles. The van der Waals surface area contributed by atoms with Gasteiger partial charge < -0.3 is 19.6 Å². The number of ether oxygens (including phenoxy) is 1. The van der Waals surface area contributed by atoms with Gasteiger partial charge in [-0.2, -0.15) is 0 Å². The maximum atomic E-state index is 14.2. The zero-order valence-corrected chi connectivity index (χ0v) is 25.7. The summed E-state index contributed by atoms with van der Waals surface area (Å²) < 4.78 is 5.52. The Kier molecular flexibility index (Phi) is 9.70. The molecule has 1 saturated heterocycles. The standard InChI is InChI=1S/C33H30Cl2N2O5S/c1-21(23-14-16-36(17-15-23)33(41)42-20-22-8-4-2-5-9-22)37(31(38)26-13-12-25(34)18-27(26)35)28-19-29(43-30(28)32(39)40)24-10-6-3-7-11-24/h2-13,18-19,21,23H,14-17,20H2,1H3,(H,39,40). The van der Waals surface area contributed by atoms with E-state index in [1.807, 2.05) is 67.6 Å². The monoisotopic (exact) mass is 636 g/mol. The lowest BCUT2D eigenvalue weighted by Crippen LogP contribution is -2.48. The van der Waals surface area contributed by atoms with Gasteiger partial charge in [-0.05, 0) is 61.1 Å². The Morgan fingerprint density at radius 1 is 0.977 bits per heavy atom. The van der Waals surface area contributed by atoms with Crippen LogP contribution in [0.3, 0.4) is 0 Å². The van der Waals surface area contributed by atoms with Gasteiger partial charge in [-0.3, -0.25) is 4.79 Å². The number of piperidine rings is 1. The third-order valence-electron chi connectivity index (χ3n) is 7.70. The number of carboxylic acid groups (broad SMARTS) is 1. The van der Waals surface area contributed by atoms with Gasteiger partial charge in [-0.25, -0.2) is 9.59 Å². The van der Waals surface area contributed by atoms with Gasteiger partial charge in [0, 0.05) is 29.0 Å². The van der Waals surface area contributed by atoms with Crippen LogP contribution in [0.15, 0.2) is 84.9 Å². The highest BCUT2D eigenvalue weighted by molar-refractivity contribution is 7.18. The van der Waals surface area contributed by atoms with E-state index in [9.17, 15) is 19.5 Å². The Hall–Kier alpha value is -3.85. The van der Waals surface area contributed by atoms with Crippen molar-refractivity contribution in [3.8, 4) is 10.4 Å². The molecule has 1 unspecified atom stereocenters. The van der Waals surface area contributed by atoms with Crippen molar-refractivity contribution in [3.05, 3.63) is 111 Å². The molecular weight excluding hydrogens is 607 g/mol. The molecule has 3 aromatic carbocycles. The van der Waals surface area contributed by atoms with Crippen molar-refractivity contribution in [2.75, 3.05) is 18.0 Å². The van der Waals surface area contributed by atoms with Crippen LogP contribution >= 0.6 is 34.5 Å².